The predicted octanol–water partition coefficient (Wildman–Crippen LogP) is -1.02. The van der Waals surface area contributed by atoms with Gasteiger partial charge in [0.15, 0.2) is 5.82 Å². The van der Waals surface area contributed by atoms with Gasteiger partial charge in [0.1, 0.15) is 0 Å². The Balaban J connectivity index is 1.96. The molecule has 3 N–H and O–H groups in total. The van der Waals surface area contributed by atoms with Crippen molar-refractivity contribution in [3.05, 3.63) is 18.2 Å². The third-order valence-corrected chi connectivity index (χ3v) is 2.59. The third-order valence-electron chi connectivity index (χ3n) is 2.59. The molecule has 1 aromatic heterocycles. The van der Waals surface area contributed by atoms with Crippen molar-refractivity contribution in [2.45, 2.75) is 18.9 Å². The number of hydrogen-bond donors (Lipinski definition) is 3. The molecule has 1 fully saturated rings. The van der Waals surface area contributed by atoms with Gasteiger partial charge in [-0.3, -0.25) is 15.6 Å². The first-order chi connectivity index (χ1) is 7.75. The van der Waals surface area contributed by atoms with Crippen LogP contribution in [0.2, 0.25) is 0 Å². The van der Waals surface area contributed by atoms with Crippen molar-refractivity contribution >= 4 is 5.97 Å². The molecule has 0 amide bonds. The maximum Gasteiger partial charge on any atom is 0.304 e. The maximum atomic E-state index is 10.6. The first kappa shape index (κ1) is 10.9. The van der Waals surface area contributed by atoms with E-state index in [2.05, 4.69) is 26.0 Å². The molecule has 0 saturated carbocycles. The molecule has 0 radical (unpaired) electrons. The molecule has 16 heavy (non-hydrogen) atoms. The monoisotopic (exact) mass is 223 g/mol. The average molecular weight is 223 g/mol. The zero-order valence-corrected chi connectivity index (χ0v) is 8.63. The molecule has 86 valence electrons. The number of hydrazine groups is 1. The number of carboxylic acid groups (broad SMARTS) is 1. The van der Waals surface area contributed by atoms with Gasteiger partial charge in [-0.15, -0.1) is 5.10 Å². The highest BCUT2D eigenvalue weighted by Gasteiger charge is 2.29. The largest absolute Gasteiger partial charge is 0.481 e. The van der Waals surface area contributed by atoms with Crippen molar-refractivity contribution < 1.29 is 9.90 Å². The highest BCUT2D eigenvalue weighted by molar-refractivity contribution is 5.67. The van der Waals surface area contributed by atoms with Gasteiger partial charge in [-0.2, -0.15) is 5.10 Å². The Morgan fingerprint density at radius 1 is 1.56 bits per heavy atom. The predicted molar refractivity (Wildman–Crippen MR) is 54.2 cm³/mol. The first-order valence-corrected chi connectivity index (χ1v) is 5.08. The number of carbonyl (C=O) groups is 1. The SMILES string of the molecule is O=C(O)CC1NNCC1Cc1nccnn1. The number of rotatable bonds is 4. The standard InChI is InChI=1S/C9H13N5O2/c15-9(16)4-7-6(5-12-13-7)3-8-10-1-2-11-14-8/h1-2,6-7,12-13H,3-5H2,(H,15,16). The summed E-state index contributed by atoms with van der Waals surface area (Å²) in [5, 5.41) is 16.4. The summed E-state index contributed by atoms with van der Waals surface area (Å²) in [6, 6.07) is -0.0821. The summed E-state index contributed by atoms with van der Waals surface area (Å²) < 4.78 is 0. The summed E-state index contributed by atoms with van der Waals surface area (Å²) in [6.45, 7) is 0.718. The van der Waals surface area contributed by atoms with Crippen molar-refractivity contribution in [3.63, 3.8) is 0 Å². The summed E-state index contributed by atoms with van der Waals surface area (Å²) in [7, 11) is 0. The molecule has 1 aromatic rings. The van der Waals surface area contributed by atoms with Crippen molar-refractivity contribution in [1.82, 2.24) is 26.0 Å². The first-order valence-electron chi connectivity index (χ1n) is 5.08. The molecule has 2 atom stereocenters. The number of aliphatic carboxylic acids is 1. The lowest BCUT2D eigenvalue weighted by molar-refractivity contribution is -0.137. The number of carboxylic acids is 1. The van der Waals surface area contributed by atoms with Crippen LogP contribution in [-0.4, -0.2) is 38.8 Å². The lowest BCUT2D eigenvalue weighted by atomic mass is 9.95. The van der Waals surface area contributed by atoms with Crippen LogP contribution >= 0.6 is 0 Å². The Kier molecular flexibility index (Phi) is 3.37. The fraction of sp³-hybridized carbons (Fsp3) is 0.556. The van der Waals surface area contributed by atoms with E-state index in [1.54, 1.807) is 6.20 Å². The van der Waals surface area contributed by atoms with Crippen LogP contribution in [0.4, 0.5) is 0 Å². The van der Waals surface area contributed by atoms with E-state index in [1.807, 2.05) is 0 Å². The second-order valence-electron chi connectivity index (χ2n) is 3.75. The van der Waals surface area contributed by atoms with Gasteiger partial charge >= 0.3 is 5.97 Å². The van der Waals surface area contributed by atoms with Crippen LogP contribution in [0.1, 0.15) is 12.2 Å². The summed E-state index contributed by atoms with van der Waals surface area (Å²) in [5.41, 5.74) is 5.91. The second kappa shape index (κ2) is 4.95. The Labute approximate surface area is 92.3 Å². The second-order valence-corrected chi connectivity index (χ2v) is 3.75. The lowest BCUT2D eigenvalue weighted by Gasteiger charge is -2.14. The molecule has 2 rings (SSSR count). The molecule has 2 unspecified atom stereocenters. The van der Waals surface area contributed by atoms with E-state index < -0.39 is 5.97 Å². The Morgan fingerprint density at radius 3 is 3.12 bits per heavy atom. The van der Waals surface area contributed by atoms with Crippen molar-refractivity contribution in [2.24, 2.45) is 5.92 Å². The van der Waals surface area contributed by atoms with Crippen LogP contribution < -0.4 is 10.9 Å². The van der Waals surface area contributed by atoms with Crippen molar-refractivity contribution in [1.29, 1.82) is 0 Å². The molecule has 0 spiro atoms. The molecule has 7 heteroatoms. The van der Waals surface area contributed by atoms with Crippen LogP contribution in [-0.2, 0) is 11.2 Å². The van der Waals surface area contributed by atoms with E-state index >= 15 is 0 Å². The smallest absolute Gasteiger partial charge is 0.304 e. The van der Waals surface area contributed by atoms with E-state index in [9.17, 15) is 4.79 Å². The minimum absolute atomic E-state index is 0.0821. The molecule has 2 heterocycles. The van der Waals surface area contributed by atoms with Gasteiger partial charge in [0.25, 0.3) is 0 Å². The van der Waals surface area contributed by atoms with Gasteiger partial charge in [-0.25, -0.2) is 4.98 Å². The molecule has 1 saturated heterocycles. The molecule has 0 aromatic carbocycles. The zero-order chi connectivity index (χ0) is 11.4. The Hall–Kier alpha value is -1.60. The van der Waals surface area contributed by atoms with E-state index in [0.29, 0.717) is 12.2 Å². The normalized spacial score (nSPS) is 24.5. The summed E-state index contributed by atoms with van der Waals surface area (Å²) in [6.07, 6.45) is 3.83. The van der Waals surface area contributed by atoms with Gasteiger partial charge < -0.3 is 5.11 Å². The molecular weight excluding hydrogens is 210 g/mol. The van der Waals surface area contributed by atoms with Crippen LogP contribution in [0.15, 0.2) is 12.4 Å². The highest BCUT2D eigenvalue weighted by Crippen LogP contribution is 2.15. The van der Waals surface area contributed by atoms with Crippen molar-refractivity contribution in [2.75, 3.05) is 6.54 Å². The van der Waals surface area contributed by atoms with E-state index in [1.165, 1.54) is 6.20 Å². The van der Waals surface area contributed by atoms with Crippen LogP contribution in [0, 0.1) is 5.92 Å². The molecule has 1 aliphatic rings. The highest BCUT2D eigenvalue weighted by atomic mass is 16.4. The molecular formula is C9H13N5O2. The molecule has 7 nitrogen and oxygen atoms in total. The van der Waals surface area contributed by atoms with Gasteiger partial charge in [0.2, 0.25) is 0 Å². The van der Waals surface area contributed by atoms with Crippen molar-refractivity contribution in [3.8, 4) is 0 Å². The van der Waals surface area contributed by atoms with Crippen LogP contribution in [0.5, 0.6) is 0 Å². The quantitative estimate of drug-likeness (QED) is 0.600. The summed E-state index contributed by atoms with van der Waals surface area (Å²) in [5.74, 6) is 0.0204. The van der Waals surface area contributed by atoms with Gasteiger partial charge in [-0.05, 0) is 5.92 Å². The summed E-state index contributed by atoms with van der Waals surface area (Å²) >= 11 is 0. The minimum Gasteiger partial charge on any atom is -0.481 e. The molecule has 0 aliphatic carbocycles. The third kappa shape index (κ3) is 2.71. The fourth-order valence-electron chi connectivity index (χ4n) is 1.80. The zero-order valence-electron chi connectivity index (χ0n) is 8.63. The number of nitrogens with zero attached hydrogens (tertiary/aromatic N) is 3. The van der Waals surface area contributed by atoms with E-state index in [4.69, 9.17) is 5.11 Å². The van der Waals surface area contributed by atoms with Gasteiger partial charge in [-0.1, -0.05) is 0 Å². The Morgan fingerprint density at radius 2 is 2.44 bits per heavy atom. The number of aromatic nitrogens is 3. The summed E-state index contributed by atoms with van der Waals surface area (Å²) in [4.78, 5) is 14.7. The number of hydrogen-bond acceptors (Lipinski definition) is 6. The lowest BCUT2D eigenvalue weighted by Crippen LogP contribution is -2.34. The average Bonchev–Trinajstić information content (AvgIpc) is 2.66. The maximum absolute atomic E-state index is 10.6. The van der Waals surface area contributed by atoms with Crippen LogP contribution in [0.25, 0.3) is 0 Å². The topological polar surface area (TPSA) is 100 Å². The Bertz CT molecular complexity index is 358. The number of nitrogens with one attached hydrogen (secondary N) is 2. The minimum atomic E-state index is -0.807. The van der Waals surface area contributed by atoms with E-state index in [-0.39, 0.29) is 18.4 Å². The molecule has 1 aliphatic heterocycles. The van der Waals surface area contributed by atoms with Crippen LogP contribution in [0.3, 0.4) is 0 Å². The van der Waals surface area contributed by atoms with Gasteiger partial charge in [0.05, 0.1) is 12.6 Å². The van der Waals surface area contributed by atoms with Gasteiger partial charge in [0, 0.05) is 25.2 Å². The fourth-order valence-corrected chi connectivity index (χ4v) is 1.80. The molecule has 0 bridgehead atoms. The van der Waals surface area contributed by atoms with E-state index in [0.717, 1.165) is 6.54 Å².